The minimum Gasteiger partial charge on any atom is -0.368 e. The minimum absolute atomic E-state index is 0.0159. The molecule has 6 nitrogen and oxygen atoms in total. The molecule has 0 fully saturated rings. The number of hydrogen-bond acceptors (Lipinski definition) is 3. The molecule has 112 valence electrons. The molecule has 0 heterocycles. The topological polar surface area (TPSA) is 104 Å². The summed E-state index contributed by atoms with van der Waals surface area (Å²) in [6, 6.07) is 7.92. The van der Waals surface area contributed by atoms with Crippen molar-refractivity contribution in [3.8, 4) is 0 Å². The number of azide groups is 1. The van der Waals surface area contributed by atoms with Gasteiger partial charge in [0.1, 0.15) is 5.54 Å². The van der Waals surface area contributed by atoms with Crippen LogP contribution in [0.1, 0.15) is 37.8 Å². The van der Waals surface area contributed by atoms with Crippen LogP contribution < -0.4 is 11.1 Å². The normalized spacial score (nSPS) is 23.0. The molecule has 1 aromatic rings. The smallest absolute Gasteiger partial charge is 0.242 e. The second-order valence-corrected chi connectivity index (χ2v) is 6.08. The van der Waals surface area contributed by atoms with Gasteiger partial charge in [-0.2, -0.15) is 0 Å². The number of rotatable bonds is 5. The lowest BCUT2D eigenvalue weighted by Gasteiger charge is -2.44. The van der Waals surface area contributed by atoms with Gasteiger partial charge in [0.2, 0.25) is 5.91 Å². The van der Waals surface area contributed by atoms with Crippen molar-refractivity contribution in [2.45, 2.75) is 37.6 Å². The highest BCUT2D eigenvalue weighted by Gasteiger charge is 2.46. The quantitative estimate of drug-likeness (QED) is 0.375. The lowest BCUT2D eigenvalue weighted by molar-refractivity contribution is -0.125. The van der Waals surface area contributed by atoms with E-state index in [1.165, 1.54) is 0 Å². The summed E-state index contributed by atoms with van der Waals surface area (Å²) in [6.07, 6.45) is 1.50. The van der Waals surface area contributed by atoms with Crippen molar-refractivity contribution in [3.05, 3.63) is 45.8 Å². The lowest BCUT2D eigenvalue weighted by atomic mass is 9.65. The fraction of sp³-hybridized carbons (Fsp3) is 0.533. The van der Waals surface area contributed by atoms with E-state index in [-0.39, 0.29) is 17.9 Å². The predicted molar refractivity (Wildman–Crippen MR) is 81.6 cm³/mol. The summed E-state index contributed by atoms with van der Waals surface area (Å²) < 4.78 is 0. The van der Waals surface area contributed by atoms with Crippen LogP contribution in [0, 0.1) is 0 Å². The Hall–Kier alpha value is -2.04. The Morgan fingerprint density at radius 2 is 2.05 bits per heavy atom. The molecule has 21 heavy (non-hydrogen) atoms. The molecule has 2 rings (SSSR count). The Bertz CT molecular complexity index is 591. The van der Waals surface area contributed by atoms with E-state index in [0.717, 1.165) is 17.5 Å². The molecule has 1 aliphatic carbocycles. The molecule has 3 N–H and O–H groups in total. The number of nitrogens with two attached hydrogens (primary N) is 1. The molecule has 1 atom stereocenters. The first-order valence-electron chi connectivity index (χ1n) is 7.10. The van der Waals surface area contributed by atoms with Gasteiger partial charge < -0.3 is 5.73 Å². The zero-order chi connectivity index (χ0) is 15.5. The van der Waals surface area contributed by atoms with Crippen LogP contribution in [-0.2, 0) is 15.7 Å². The van der Waals surface area contributed by atoms with Crippen LogP contribution in [0.4, 0.5) is 0 Å². The molecule has 0 saturated heterocycles. The Balaban J connectivity index is 2.42. The van der Waals surface area contributed by atoms with Crippen LogP contribution in [-0.4, -0.2) is 19.0 Å². The molecule has 1 amide bonds. The predicted octanol–water partition coefficient (Wildman–Crippen LogP) is 2.34. The molecule has 0 spiro atoms. The van der Waals surface area contributed by atoms with Crippen LogP contribution in [0.2, 0.25) is 0 Å². The highest BCUT2D eigenvalue weighted by atomic mass is 16.1. The second-order valence-electron chi connectivity index (χ2n) is 6.08. The average molecular weight is 287 g/mol. The highest BCUT2D eigenvalue weighted by molar-refractivity contribution is 5.87. The van der Waals surface area contributed by atoms with Crippen molar-refractivity contribution in [3.63, 3.8) is 0 Å². The Kier molecular flexibility index (Phi) is 4.21. The van der Waals surface area contributed by atoms with E-state index in [0.29, 0.717) is 13.0 Å². The standard InChI is InChI=1S/C15H21N5O/c1-14(2)7-8-15(13(16)21,18-9-10-19-20-17)12-6-4-3-5-11(12)14/h3-6,18H,7-10H2,1-2H3,(H2,16,21). The fourth-order valence-electron chi connectivity index (χ4n) is 3.11. The first-order chi connectivity index (χ1) is 9.94. The molecule has 6 heteroatoms. The van der Waals surface area contributed by atoms with Crippen LogP contribution in [0.5, 0.6) is 0 Å². The summed E-state index contributed by atoms with van der Waals surface area (Å²) in [5.74, 6) is -0.383. The summed E-state index contributed by atoms with van der Waals surface area (Å²) in [6.45, 7) is 5.06. The molecule has 0 aliphatic heterocycles. The van der Waals surface area contributed by atoms with E-state index in [1.54, 1.807) is 0 Å². The van der Waals surface area contributed by atoms with Crippen molar-refractivity contribution in [2.24, 2.45) is 10.8 Å². The number of amides is 1. The van der Waals surface area contributed by atoms with Gasteiger partial charge in [-0.05, 0) is 34.9 Å². The summed E-state index contributed by atoms with van der Waals surface area (Å²) in [5, 5.41) is 6.72. The summed E-state index contributed by atoms with van der Waals surface area (Å²) in [5.41, 5.74) is 15.3. The van der Waals surface area contributed by atoms with Crippen molar-refractivity contribution in [2.75, 3.05) is 13.1 Å². The molecule has 1 aromatic carbocycles. The number of nitrogens with zero attached hydrogens (tertiary/aromatic N) is 3. The van der Waals surface area contributed by atoms with Crippen LogP contribution in [0.3, 0.4) is 0 Å². The minimum atomic E-state index is -0.878. The molecule has 0 saturated carbocycles. The largest absolute Gasteiger partial charge is 0.368 e. The van der Waals surface area contributed by atoms with Gasteiger partial charge in [0, 0.05) is 18.0 Å². The van der Waals surface area contributed by atoms with E-state index < -0.39 is 5.54 Å². The van der Waals surface area contributed by atoms with E-state index in [9.17, 15) is 4.79 Å². The molecule has 0 bridgehead atoms. The number of fused-ring (bicyclic) bond motifs is 1. The van der Waals surface area contributed by atoms with Gasteiger partial charge in [-0.25, -0.2) is 0 Å². The number of carbonyl (C=O) groups is 1. The summed E-state index contributed by atoms with van der Waals surface area (Å²) in [7, 11) is 0. The molecule has 0 radical (unpaired) electrons. The number of carbonyl (C=O) groups excluding carboxylic acids is 1. The molecule has 0 aromatic heterocycles. The highest BCUT2D eigenvalue weighted by Crippen LogP contribution is 2.44. The van der Waals surface area contributed by atoms with Crippen LogP contribution in [0.15, 0.2) is 29.4 Å². The molecular weight excluding hydrogens is 266 g/mol. The van der Waals surface area contributed by atoms with Gasteiger partial charge >= 0.3 is 0 Å². The van der Waals surface area contributed by atoms with Gasteiger partial charge in [0.15, 0.2) is 0 Å². The zero-order valence-corrected chi connectivity index (χ0v) is 12.5. The third kappa shape index (κ3) is 2.73. The van der Waals surface area contributed by atoms with Crippen molar-refractivity contribution >= 4 is 5.91 Å². The Morgan fingerprint density at radius 3 is 2.67 bits per heavy atom. The van der Waals surface area contributed by atoms with Gasteiger partial charge in [0.25, 0.3) is 0 Å². The van der Waals surface area contributed by atoms with E-state index >= 15 is 0 Å². The fourth-order valence-corrected chi connectivity index (χ4v) is 3.11. The molecular formula is C15H21N5O. The number of benzene rings is 1. The second kappa shape index (κ2) is 5.76. The van der Waals surface area contributed by atoms with E-state index in [2.05, 4.69) is 35.3 Å². The lowest BCUT2D eigenvalue weighted by Crippen LogP contribution is -2.56. The van der Waals surface area contributed by atoms with Crippen molar-refractivity contribution < 1.29 is 4.79 Å². The van der Waals surface area contributed by atoms with Gasteiger partial charge in [0.05, 0.1) is 0 Å². The third-order valence-corrected chi connectivity index (χ3v) is 4.36. The SMILES string of the molecule is CC1(C)CCC(NCCN=[N+]=[N-])(C(N)=O)c2ccccc21. The Labute approximate surface area is 124 Å². The maximum atomic E-state index is 12.2. The number of hydrogen-bond donors (Lipinski definition) is 2. The molecule has 1 unspecified atom stereocenters. The van der Waals surface area contributed by atoms with E-state index in [1.807, 2.05) is 18.2 Å². The van der Waals surface area contributed by atoms with Crippen LogP contribution in [0.25, 0.3) is 10.4 Å². The van der Waals surface area contributed by atoms with Gasteiger partial charge in [-0.1, -0.05) is 43.2 Å². The maximum Gasteiger partial charge on any atom is 0.242 e. The first-order valence-corrected chi connectivity index (χ1v) is 7.10. The van der Waals surface area contributed by atoms with Gasteiger partial charge in [-0.15, -0.1) is 0 Å². The number of nitrogens with one attached hydrogen (secondary N) is 1. The summed E-state index contributed by atoms with van der Waals surface area (Å²) >= 11 is 0. The molecule has 1 aliphatic rings. The monoisotopic (exact) mass is 287 g/mol. The zero-order valence-electron chi connectivity index (χ0n) is 12.5. The summed E-state index contributed by atoms with van der Waals surface area (Å²) in [4.78, 5) is 14.9. The van der Waals surface area contributed by atoms with Crippen LogP contribution >= 0.6 is 0 Å². The van der Waals surface area contributed by atoms with Gasteiger partial charge in [-0.3, -0.25) is 10.1 Å². The maximum absolute atomic E-state index is 12.2. The van der Waals surface area contributed by atoms with Crippen molar-refractivity contribution in [1.82, 2.24) is 5.32 Å². The van der Waals surface area contributed by atoms with Crippen molar-refractivity contribution in [1.29, 1.82) is 0 Å². The van der Waals surface area contributed by atoms with E-state index in [4.69, 9.17) is 11.3 Å². The number of primary amides is 1. The average Bonchev–Trinajstić information content (AvgIpc) is 2.46. The third-order valence-electron chi connectivity index (χ3n) is 4.36. The Morgan fingerprint density at radius 1 is 1.38 bits per heavy atom. The first kappa shape index (κ1) is 15.4.